The number of ether oxygens (including phenoxy) is 1. The van der Waals surface area contributed by atoms with Crippen molar-refractivity contribution in [1.29, 1.82) is 0 Å². The van der Waals surface area contributed by atoms with Crippen LogP contribution in [0, 0.1) is 0 Å². The van der Waals surface area contributed by atoms with Crippen LogP contribution in [-0.4, -0.2) is 59.5 Å². The van der Waals surface area contributed by atoms with E-state index in [1.165, 1.54) is 0 Å². The van der Waals surface area contributed by atoms with Gasteiger partial charge in [0, 0.05) is 19.7 Å². The molecule has 17 heavy (non-hydrogen) atoms. The molecule has 1 aliphatic rings. The molecule has 2 N–H and O–H groups in total. The number of aliphatic hydroxyl groups excluding tert-OH is 1. The fraction of sp³-hybridized carbons (Fsp3) is 0.917. The van der Waals surface area contributed by atoms with Crippen molar-refractivity contribution < 1.29 is 19.7 Å². The van der Waals surface area contributed by atoms with Gasteiger partial charge in [0.05, 0.1) is 6.61 Å². The number of hydrogen-bond acceptors (Lipinski definition) is 4. The second-order valence-corrected chi connectivity index (χ2v) is 4.57. The molecule has 1 rings (SSSR count). The molecule has 0 amide bonds. The Hall–Kier alpha value is -0.650. The van der Waals surface area contributed by atoms with Crippen molar-refractivity contribution in [3.05, 3.63) is 0 Å². The van der Waals surface area contributed by atoms with E-state index in [4.69, 9.17) is 9.84 Å². The second kappa shape index (κ2) is 6.93. The fourth-order valence-corrected chi connectivity index (χ4v) is 2.21. The summed E-state index contributed by atoms with van der Waals surface area (Å²) in [5, 5.41) is 18.0. The number of aliphatic hydroxyl groups is 1. The SMILES string of the molecule is CCCN1CCC(OCCCO)(C(=O)O)CC1. The van der Waals surface area contributed by atoms with Gasteiger partial charge in [-0.25, -0.2) is 4.79 Å². The van der Waals surface area contributed by atoms with Gasteiger partial charge in [-0.2, -0.15) is 0 Å². The molecule has 5 heteroatoms. The third-order valence-corrected chi connectivity index (χ3v) is 3.27. The van der Waals surface area contributed by atoms with Crippen molar-refractivity contribution in [2.45, 2.75) is 38.2 Å². The summed E-state index contributed by atoms with van der Waals surface area (Å²) in [4.78, 5) is 13.6. The Labute approximate surface area is 102 Å². The standard InChI is InChI=1S/C12H23NO4/c1-2-6-13-7-4-12(5-8-13,11(15)16)17-10-3-9-14/h14H,2-10H2,1H3,(H,15,16). The van der Waals surface area contributed by atoms with Gasteiger partial charge >= 0.3 is 5.97 Å². The van der Waals surface area contributed by atoms with Crippen molar-refractivity contribution in [2.24, 2.45) is 0 Å². The normalized spacial score (nSPS) is 20.4. The number of hydrogen-bond donors (Lipinski definition) is 2. The number of aliphatic carboxylic acids is 1. The Bertz CT molecular complexity index is 237. The monoisotopic (exact) mass is 245 g/mol. The lowest BCUT2D eigenvalue weighted by atomic mass is 9.91. The van der Waals surface area contributed by atoms with Crippen LogP contribution in [0.25, 0.3) is 0 Å². The van der Waals surface area contributed by atoms with Gasteiger partial charge < -0.3 is 19.8 Å². The van der Waals surface area contributed by atoms with Crippen molar-refractivity contribution in [3.8, 4) is 0 Å². The molecule has 100 valence electrons. The van der Waals surface area contributed by atoms with E-state index in [0.717, 1.165) is 26.1 Å². The van der Waals surface area contributed by atoms with Crippen LogP contribution in [0.15, 0.2) is 0 Å². The highest BCUT2D eigenvalue weighted by molar-refractivity contribution is 5.77. The number of carboxylic acid groups (broad SMARTS) is 1. The van der Waals surface area contributed by atoms with Crippen LogP contribution < -0.4 is 0 Å². The zero-order valence-corrected chi connectivity index (χ0v) is 10.5. The maximum Gasteiger partial charge on any atom is 0.336 e. The number of rotatable bonds is 7. The Morgan fingerprint density at radius 3 is 2.53 bits per heavy atom. The van der Waals surface area contributed by atoms with Crippen LogP contribution in [0.3, 0.4) is 0 Å². The Kier molecular flexibility index (Phi) is 5.88. The minimum atomic E-state index is -1.03. The highest BCUT2D eigenvalue weighted by Crippen LogP contribution is 2.27. The van der Waals surface area contributed by atoms with E-state index < -0.39 is 11.6 Å². The molecule has 0 aromatic heterocycles. The number of carboxylic acids is 1. The summed E-state index contributed by atoms with van der Waals surface area (Å²) in [7, 11) is 0. The van der Waals surface area contributed by atoms with E-state index in [-0.39, 0.29) is 6.61 Å². The van der Waals surface area contributed by atoms with Crippen LogP contribution in [-0.2, 0) is 9.53 Å². The maximum atomic E-state index is 11.3. The van der Waals surface area contributed by atoms with Crippen molar-refractivity contribution in [3.63, 3.8) is 0 Å². The fourth-order valence-electron chi connectivity index (χ4n) is 2.21. The molecule has 0 saturated carbocycles. The second-order valence-electron chi connectivity index (χ2n) is 4.57. The van der Waals surface area contributed by atoms with Crippen molar-refractivity contribution in [1.82, 2.24) is 4.90 Å². The topological polar surface area (TPSA) is 70.0 Å². The predicted octanol–water partition coefficient (Wildman–Crippen LogP) is 0.715. The van der Waals surface area contributed by atoms with Crippen LogP contribution in [0.5, 0.6) is 0 Å². The van der Waals surface area contributed by atoms with Gasteiger partial charge in [0.2, 0.25) is 0 Å². The van der Waals surface area contributed by atoms with Crippen LogP contribution in [0.2, 0.25) is 0 Å². The highest BCUT2D eigenvalue weighted by atomic mass is 16.5. The summed E-state index contributed by atoms with van der Waals surface area (Å²) in [5.74, 6) is -0.869. The predicted molar refractivity (Wildman–Crippen MR) is 64.0 cm³/mol. The summed E-state index contributed by atoms with van der Waals surface area (Å²) in [6, 6.07) is 0. The zero-order valence-electron chi connectivity index (χ0n) is 10.5. The van der Waals surface area contributed by atoms with Gasteiger partial charge in [-0.1, -0.05) is 6.92 Å². The molecule has 0 atom stereocenters. The van der Waals surface area contributed by atoms with Crippen molar-refractivity contribution >= 4 is 5.97 Å². The average Bonchev–Trinajstić information content (AvgIpc) is 2.32. The molecular formula is C12H23NO4. The van der Waals surface area contributed by atoms with E-state index >= 15 is 0 Å². The first kappa shape index (κ1) is 14.4. The third kappa shape index (κ3) is 3.94. The average molecular weight is 245 g/mol. The molecule has 0 aromatic rings. The van der Waals surface area contributed by atoms with E-state index in [1.54, 1.807) is 0 Å². The molecule has 0 bridgehead atoms. The summed E-state index contributed by atoms with van der Waals surface area (Å²) in [5.41, 5.74) is -1.03. The molecule has 5 nitrogen and oxygen atoms in total. The van der Waals surface area contributed by atoms with Gasteiger partial charge in [-0.3, -0.25) is 0 Å². The lowest BCUT2D eigenvalue weighted by molar-refractivity contribution is -0.173. The lowest BCUT2D eigenvalue weighted by Crippen LogP contribution is -2.51. The Morgan fingerprint density at radius 2 is 2.06 bits per heavy atom. The molecule has 1 fully saturated rings. The van der Waals surface area contributed by atoms with E-state index in [2.05, 4.69) is 11.8 Å². The number of nitrogens with zero attached hydrogens (tertiary/aromatic N) is 1. The largest absolute Gasteiger partial charge is 0.479 e. The number of likely N-dealkylation sites (tertiary alicyclic amines) is 1. The van der Waals surface area contributed by atoms with Gasteiger partial charge in [0.25, 0.3) is 0 Å². The van der Waals surface area contributed by atoms with Gasteiger partial charge in [-0.15, -0.1) is 0 Å². The zero-order chi connectivity index (χ0) is 12.7. The molecule has 1 heterocycles. The first-order valence-corrected chi connectivity index (χ1v) is 6.35. The summed E-state index contributed by atoms with van der Waals surface area (Å²) in [6.45, 7) is 5.05. The van der Waals surface area contributed by atoms with Gasteiger partial charge in [0.1, 0.15) is 0 Å². The highest BCUT2D eigenvalue weighted by Gasteiger charge is 2.42. The smallest absolute Gasteiger partial charge is 0.336 e. The van der Waals surface area contributed by atoms with Crippen LogP contribution in [0.1, 0.15) is 32.6 Å². The molecule has 0 aliphatic carbocycles. The molecule has 0 radical (unpaired) electrons. The number of piperidine rings is 1. The lowest BCUT2D eigenvalue weighted by Gasteiger charge is -2.38. The van der Waals surface area contributed by atoms with Crippen LogP contribution >= 0.6 is 0 Å². The van der Waals surface area contributed by atoms with E-state index in [0.29, 0.717) is 25.9 Å². The molecule has 0 aromatic carbocycles. The molecule has 1 saturated heterocycles. The van der Waals surface area contributed by atoms with Gasteiger partial charge in [0.15, 0.2) is 5.60 Å². The van der Waals surface area contributed by atoms with Gasteiger partial charge in [-0.05, 0) is 32.2 Å². The van der Waals surface area contributed by atoms with Crippen molar-refractivity contribution in [2.75, 3.05) is 32.8 Å². The minimum Gasteiger partial charge on any atom is -0.479 e. The van der Waals surface area contributed by atoms with E-state index in [9.17, 15) is 9.90 Å². The minimum absolute atomic E-state index is 0.0393. The number of carbonyl (C=O) groups is 1. The summed E-state index contributed by atoms with van der Waals surface area (Å²) >= 11 is 0. The molecule has 0 unspecified atom stereocenters. The summed E-state index contributed by atoms with van der Waals surface area (Å²) in [6.07, 6.45) is 2.65. The molecule has 1 aliphatic heterocycles. The Morgan fingerprint density at radius 1 is 1.41 bits per heavy atom. The third-order valence-electron chi connectivity index (χ3n) is 3.27. The molecule has 0 spiro atoms. The summed E-state index contributed by atoms with van der Waals surface area (Å²) < 4.78 is 5.51. The molecular weight excluding hydrogens is 222 g/mol. The maximum absolute atomic E-state index is 11.3. The first-order chi connectivity index (χ1) is 8.14. The van der Waals surface area contributed by atoms with Crippen LogP contribution in [0.4, 0.5) is 0 Å². The first-order valence-electron chi connectivity index (χ1n) is 6.35. The quantitative estimate of drug-likeness (QED) is 0.647. The Balaban J connectivity index is 2.48. The van der Waals surface area contributed by atoms with E-state index in [1.807, 2.05) is 0 Å².